The molecular formula is C14H14N2O4S. The maximum absolute atomic E-state index is 12.3. The first kappa shape index (κ1) is 13.8. The number of hydrogen-bond donors (Lipinski definition) is 2. The molecule has 2 heterocycles. The van der Waals surface area contributed by atoms with E-state index in [1.165, 1.54) is 17.4 Å². The number of nitrogens with one attached hydrogen (secondary N) is 1. The number of aromatic nitrogens is 1. The largest absolute Gasteiger partial charge is 0.478 e. The Labute approximate surface area is 124 Å². The molecule has 0 unspecified atom stereocenters. The fourth-order valence-corrected chi connectivity index (χ4v) is 3.53. The van der Waals surface area contributed by atoms with E-state index in [-0.39, 0.29) is 11.3 Å². The lowest BCUT2D eigenvalue weighted by atomic mass is 9.98. The Bertz CT molecular complexity index is 656. The lowest BCUT2D eigenvalue weighted by molar-refractivity contribution is 0.0695. The number of amides is 1. The normalized spacial score (nSPS) is 16.8. The number of carboxylic acid groups (broad SMARTS) is 1. The van der Waals surface area contributed by atoms with Crippen LogP contribution in [0.15, 0.2) is 28.3 Å². The zero-order chi connectivity index (χ0) is 14.9. The van der Waals surface area contributed by atoms with Crippen molar-refractivity contribution in [2.24, 2.45) is 0 Å². The molecule has 0 atom stereocenters. The Morgan fingerprint density at radius 1 is 1.38 bits per heavy atom. The van der Waals surface area contributed by atoms with E-state index in [1.54, 1.807) is 6.20 Å². The summed E-state index contributed by atoms with van der Waals surface area (Å²) in [5.74, 6) is -1.51. The minimum atomic E-state index is -1.12. The van der Waals surface area contributed by atoms with Crippen LogP contribution < -0.4 is 5.32 Å². The van der Waals surface area contributed by atoms with Crippen molar-refractivity contribution >= 4 is 23.2 Å². The van der Waals surface area contributed by atoms with Gasteiger partial charge in [-0.25, -0.2) is 9.78 Å². The number of carbonyl (C=O) groups excluding carboxylic acids is 1. The highest BCUT2D eigenvalue weighted by atomic mass is 32.1. The minimum absolute atomic E-state index is 0.00947. The van der Waals surface area contributed by atoms with Gasteiger partial charge in [0.05, 0.1) is 11.1 Å². The number of carboxylic acids is 1. The van der Waals surface area contributed by atoms with Crippen molar-refractivity contribution in [3.63, 3.8) is 0 Å². The Balaban J connectivity index is 1.83. The van der Waals surface area contributed by atoms with Crippen LogP contribution in [0.5, 0.6) is 0 Å². The quantitative estimate of drug-likeness (QED) is 0.906. The van der Waals surface area contributed by atoms with E-state index in [0.717, 1.165) is 37.0 Å². The fraction of sp³-hybridized carbons (Fsp3) is 0.357. The van der Waals surface area contributed by atoms with Gasteiger partial charge in [0, 0.05) is 17.6 Å². The van der Waals surface area contributed by atoms with Gasteiger partial charge in [-0.2, -0.15) is 0 Å². The number of carbonyl (C=O) groups is 2. The van der Waals surface area contributed by atoms with Gasteiger partial charge >= 0.3 is 5.97 Å². The van der Waals surface area contributed by atoms with Crippen molar-refractivity contribution in [2.75, 3.05) is 0 Å². The molecule has 1 fully saturated rings. The third kappa shape index (κ3) is 2.56. The summed E-state index contributed by atoms with van der Waals surface area (Å²) >= 11 is 1.52. The highest BCUT2D eigenvalue weighted by Gasteiger charge is 2.40. The monoisotopic (exact) mass is 306 g/mol. The molecule has 6 nitrogen and oxygen atoms in total. The van der Waals surface area contributed by atoms with Gasteiger partial charge in [-0.15, -0.1) is 11.3 Å². The van der Waals surface area contributed by atoms with E-state index in [0.29, 0.717) is 0 Å². The lowest BCUT2D eigenvalue weighted by Crippen LogP contribution is -2.43. The first-order chi connectivity index (χ1) is 10.1. The topological polar surface area (TPSA) is 92.4 Å². The molecule has 110 valence electrons. The first-order valence-electron chi connectivity index (χ1n) is 6.65. The van der Waals surface area contributed by atoms with Gasteiger partial charge < -0.3 is 14.8 Å². The summed E-state index contributed by atoms with van der Waals surface area (Å²) in [6, 6.07) is 1.24. The Morgan fingerprint density at radius 2 is 2.14 bits per heavy atom. The number of hydrogen-bond acceptors (Lipinski definition) is 5. The third-order valence-corrected chi connectivity index (χ3v) is 4.70. The molecule has 0 saturated heterocycles. The molecule has 21 heavy (non-hydrogen) atoms. The van der Waals surface area contributed by atoms with Gasteiger partial charge in [-0.3, -0.25) is 4.79 Å². The first-order valence-corrected chi connectivity index (χ1v) is 7.53. The molecular weight excluding hydrogens is 292 g/mol. The van der Waals surface area contributed by atoms with Crippen molar-refractivity contribution in [2.45, 2.75) is 31.2 Å². The molecule has 2 aromatic heterocycles. The predicted molar refractivity (Wildman–Crippen MR) is 75.4 cm³/mol. The van der Waals surface area contributed by atoms with Crippen molar-refractivity contribution in [1.82, 2.24) is 10.3 Å². The summed E-state index contributed by atoms with van der Waals surface area (Å²) in [6.45, 7) is 0. The van der Waals surface area contributed by atoms with Crippen LogP contribution in [0, 0.1) is 0 Å². The van der Waals surface area contributed by atoms with Crippen LogP contribution in [-0.4, -0.2) is 22.0 Å². The summed E-state index contributed by atoms with van der Waals surface area (Å²) in [5, 5.41) is 14.6. The molecule has 1 aliphatic carbocycles. The van der Waals surface area contributed by atoms with Gasteiger partial charge in [0.25, 0.3) is 5.91 Å². The van der Waals surface area contributed by atoms with E-state index in [2.05, 4.69) is 10.3 Å². The van der Waals surface area contributed by atoms with Crippen molar-refractivity contribution in [1.29, 1.82) is 0 Å². The second-order valence-corrected chi connectivity index (χ2v) is 5.98. The average Bonchev–Trinajstić information content (AvgIpc) is 3.20. The van der Waals surface area contributed by atoms with Crippen LogP contribution in [0.3, 0.4) is 0 Å². The standard InChI is InChI=1S/C14H14N2O4S/c17-11(10-7-9(8-20-10)12(18)19)16-14(3-1-2-4-14)13-15-5-6-21-13/h5-8H,1-4H2,(H,16,17)(H,18,19). The van der Waals surface area contributed by atoms with E-state index in [4.69, 9.17) is 9.52 Å². The molecule has 7 heteroatoms. The van der Waals surface area contributed by atoms with Crippen molar-refractivity contribution in [3.8, 4) is 0 Å². The molecule has 0 spiro atoms. The molecule has 1 saturated carbocycles. The van der Waals surface area contributed by atoms with Crippen LogP contribution in [0.4, 0.5) is 0 Å². The minimum Gasteiger partial charge on any atom is -0.478 e. The summed E-state index contributed by atoms with van der Waals surface area (Å²) in [4.78, 5) is 27.5. The Morgan fingerprint density at radius 3 is 2.71 bits per heavy atom. The van der Waals surface area contributed by atoms with Crippen LogP contribution >= 0.6 is 11.3 Å². The van der Waals surface area contributed by atoms with E-state index < -0.39 is 17.4 Å². The van der Waals surface area contributed by atoms with Crippen LogP contribution in [0.25, 0.3) is 0 Å². The lowest BCUT2D eigenvalue weighted by Gasteiger charge is -2.27. The van der Waals surface area contributed by atoms with Gasteiger partial charge in [0.2, 0.25) is 0 Å². The van der Waals surface area contributed by atoms with Gasteiger partial charge in [-0.05, 0) is 12.8 Å². The molecule has 0 aromatic carbocycles. The molecule has 0 bridgehead atoms. The van der Waals surface area contributed by atoms with Crippen molar-refractivity contribution < 1.29 is 19.1 Å². The number of furan rings is 1. The molecule has 0 aliphatic heterocycles. The van der Waals surface area contributed by atoms with Gasteiger partial charge in [0.15, 0.2) is 5.76 Å². The Hall–Kier alpha value is -2.15. The van der Waals surface area contributed by atoms with Crippen LogP contribution in [0.1, 0.15) is 51.6 Å². The zero-order valence-electron chi connectivity index (χ0n) is 11.2. The molecule has 1 aliphatic rings. The molecule has 3 rings (SSSR count). The van der Waals surface area contributed by atoms with Gasteiger partial charge in [-0.1, -0.05) is 12.8 Å². The van der Waals surface area contributed by atoms with Gasteiger partial charge in [0.1, 0.15) is 11.3 Å². The second-order valence-electron chi connectivity index (χ2n) is 5.09. The summed E-state index contributed by atoms with van der Waals surface area (Å²) in [7, 11) is 0. The van der Waals surface area contributed by atoms with Crippen LogP contribution in [0.2, 0.25) is 0 Å². The molecule has 1 amide bonds. The summed E-state index contributed by atoms with van der Waals surface area (Å²) in [6.07, 6.45) is 6.51. The zero-order valence-corrected chi connectivity index (χ0v) is 12.0. The second kappa shape index (κ2) is 5.33. The Kier molecular flexibility index (Phi) is 3.50. The summed E-state index contributed by atoms with van der Waals surface area (Å²) < 4.78 is 5.05. The highest BCUT2D eigenvalue weighted by molar-refractivity contribution is 7.09. The van der Waals surface area contributed by atoms with E-state index in [9.17, 15) is 9.59 Å². The highest BCUT2D eigenvalue weighted by Crippen LogP contribution is 2.39. The molecule has 0 radical (unpaired) electrons. The average molecular weight is 306 g/mol. The summed E-state index contributed by atoms with van der Waals surface area (Å²) in [5.41, 5.74) is -0.489. The number of thiazole rings is 1. The smallest absolute Gasteiger partial charge is 0.338 e. The maximum Gasteiger partial charge on any atom is 0.338 e. The number of rotatable bonds is 4. The van der Waals surface area contributed by atoms with Crippen LogP contribution in [-0.2, 0) is 5.54 Å². The molecule has 2 N–H and O–H groups in total. The predicted octanol–water partition coefficient (Wildman–Crippen LogP) is 2.63. The fourth-order valence-electron chi connectivity index (χ4n) is 2.68. The van der Waals surface area contributed by atoms with E-state index in [1.807, 2.05) is 5.38 Å². The molecule has 2 aromatic rings. The number of nitrogens with zero attached hydrogens (tertiary/aromatic N) is 1. The third-order valence-electron chi connectivity index (χ3n) is 3.72. The maximum atomic E-state index is 12.3. The SMILES string of the molecule is O=C(O)c1coc(C(=O)NC2(c3nccs3)CCCC2)c1. The number of aromatic carboxylic acids is 1. The van der Waals surface area contributed by atoms with Crippen molar-refractivity contribution in [3.05, 3.63) is 40.2 Å². The van der Waals surface area contributed by atoms with E-state index >= 15 is 0 Å².